The lowest BCUT2D eigenvalue weighted by atomic mass is 9.89. The summed E-state index contributed by atoms with van der Waals surface area (Å²) in [7, 11) is 0. The van der Waals surface area contributed by atoms with Gasteiger partial charge in [-0.25, -0.2) is 0 Å². The molecule has 0 saturated heterocycles. The van der Waals surface area contributed by atoms with E-state index >= 15 is 0 Å². The van der Waals surface area contributed by atoms with Crippen molar-refractivity contribution in [1.82, 2.24) is 9.80 Å². The van der Waals surface area contributed by atoms with Crippen LogP contribution < -0.4 is 4.90 Å². The van der Waals surface area contributed by atoms with Crippen LogP contribution in [0.3, 0.4) is 0 Å². The topological polar surface area (TPSA) is 139 Å². The first-order valence-corrected chi connectivity index (χ1v) is 24.9. The quantitative estimate of drug-likeness (QED) is 0.0485. The molecule has 0 aliphatic carbocycles. The van der Waals surface area contributed by atoms with Gasteiger partial charge < -0.3 is 14.7 Å². The van der Waals surface area contributed by atoms with Crippen LogP contribution in [-0.2, 0) is 9.59 Å². The van der Waals surface area contributed by atoms with Crippen molar-refractivity contribution < 1.29 is 9.59 Å². The fourth-order valence-electron chi connectivity index (χ4n) is 8.84. The summed E-state index contributed by atoms with van der Waals surface area (Å²) in [4.78, 5) is 39.5. The van der Waals surface area contributed by atoms with Crippen LogP contribution in [-0.4, -0.2) is 41.2 Å². The van der Waals surface area contributed by atoms with Gasteiger partial charge in [0.2, 0.25) is 0 Å². The van der Waals surface area contributed by atoms with Gasteiger partial charge in [-0.3, -0.25) is 9.59 Å². The second-order valence-electron chi connectivity index (χ2n) is 16.0. The average Bonchev–Trinajstić information content (AvgIpc) is 4.13. The number of benzene rings is 2. The van der Waals surface area contributed by atoms with Gasteiger partial charge in [-0.1, -0.05) is 114 Å². The molecular weight excluding hydrogens is 851 g/mol. The molecule has 9 nitrogen and oxygen atoms in total. The van der Waals surface area contributed by atoms with E-state index in [1.807, 2.05) is 53.9 Å². The smallest absolute Gasteiger partial charge is 0.261 e. The number of carbonyl (C=O) groups is 2. The second-order valence-corrected chi connectivity index (χ2v) is 19.1. The molecule has 7 rings (SSSR count). The molecule has 64 heavy (non-hydrogen) atoms. The third kappa shape index (κ3) is 9.10. The Morgan fingerprint density at radius 3 is 1.70 bits per heavy atom. The fourth-order valence-corrected chi connectivity index (χ4v) is 11.9. The zero-order valence-electron chi connectivity index (χ0n) is 36.7. The number of allylic oxidation sites excluding steroid dienone is 4. The zero-order chi connectivity index (χ0) is 45.2. The van der Waals surface area contributed by atoms with Gasteiger partial charge in [0.25, 0.3) is 11.8 Å². The molecule has 0 fully saturated rings. The highest BCUT2D eigenvalue weighted by molar-refractivity contribution is 7.99. The van der Waals surface area contributed by atoms with Gasteiger partial charge in [0.1, 0.15) is 35.4 Å². The van der Waals surface area contributed by atoms with Crippen molar-refractivity contribution in [3.8, 4) is 24.3 Å². The van der Waals surface area contributed by atoms with Crippen molar-refractivity contribution in [2.45, 2.75) is 108 Å². The Labute approximate surface area is 389 Å². The number of carbonyl (C=O) groups excluding carboxylic acids is 2. The first-order valence-electron chi connectivity index (χ1n) is 22.4. The molecule has 0 spiro atoms. The number of amides is 2. The SMILES string of the molecule is CCCCCCCCN1C(=O)C2=C(c3ccc(C(=C(C#N)C#N)C(=C(C#N)C#N)c4ccc5c(c4)Sc4ccccc4N5CC)s3)N(CCCCCCCC)C(=O)C2=C1c1cccs1. The Bertz CT molecular complexity index is 2700. The van der Waals surface area contributed by atoms with Gasteiger partial charge in [0, 0.05) is 45.4 Å². The van der Waals surface area contributed by atoms with Crippen molar-refractivity contribution in [2.24, 2.45) is 0 Å². The zero-order valence-corrected chi connectivity index (χ0v) is 39.2. The van der Waals surface area contributed by atoms with Gasteiger partial charge in [0.15, 0.2) is 0 Å². The lowest BCUT2D eigenvalue weighted by Crippen LogP contribution is -2.30. The third-order valence-electron chi connectivity index (χ3n) is 11.9. The number of nitriles is 4. The van der Waals surface area contributed by atoms with E-state index in [0.717, 1.165) is 96.7 Å². The highest BCUT2D eigenvalue weighted by atomic mass is 32.2. The van der Waals surface area contributed by atoms with E-state index in [2.05, 4.69) is 62.1 Å². The highest BCUT2D eigenvalue weighted by Crippen LogP contribution is 2.52. The van der Waals surface area contributed by atoms with E-state index in [0.29, 0.717) is 57.5 Å². The number of unbranched alkanes of at least 4 members (excludes halogenated alkanes) is 10. The van der Waals surface area contributed by atoms with Gasteiger partial charge in [-0.05, 0) is 73.2 Å². The number of rotatable bonds is 20. The third-order valence-corrected chi connectivity index (χ3v) is 15.0. The molecule has 2 aromatic carbocycles. The minimum Gasteiger partial charge on any atom is -0.340 e. The van der Waals surface area contributed by atoms with Crippen molar-refractivity contribution in [1.29, 1.82) is 21.0 Å². The van der Waals surface area contributed by atoms with E-state index in [1.54, 1.807) is 27.6 Å². The molecule has 12 heteroatoms. The molecule has 324 valence electrons. The molecule has 4 aromatic rings. The van der Waals surface area contributed by atoms with Crippen molar-refractivity contribution >= 4 is 80.2 Å². The van der Waals surface area contributed by atoms with Crippen LogP contribution >= 0.6 is 34.4 Å². The summed E-state index contributed by atoms with van der Waals surface area (Å²) in [5.41, 5.74) is 4.38. The van der Waals surface area contributed by atoms with Gasteiger partial charge >= 0.3 is 0 Å². The maximum atomic E-state index is 14.9. The van der Waals surface area contributed by atoms with Crippen LogP contribution in [0, 0.1) is 45.3 Å². The summed E-state index contributed by atoms with van der Waals surface area (Å²) in [6.45, 7) is 8.10. The minimum atomic E-state index is -0.260. The number of hydrogen-bond acceptors (Lipinski definition) is 10. The second kappa shape index (κ2) is 21.5. The fraction of sp³-hybridized carbons (Fsp3) is 0.346. The summed E-state index contributed by atoms with van der Waals surface area (Å²) < 4.78 is 0. The molecular formula is C52H51N7O2S3. The van der Waals surface area contributed by atoms with Crippen LogP contribution in [0.1, 0.15) is 118 Å². The molecule has 5 heterocycles. The molecule has 2 amide bonds. The highest BCUT2D eigenvalue weighted by Gasteiger charge is 2.49. The van der Waals surface area contributed by atoms with Crippen LogP contribution in [0.5, 0.6) is 0 Å². The summed E-state index contributed by atoms with van der Waals surface area (Å²) in [5.74, 6) is -0.403. The number of fused-ring (bicyclic) bond motifs is 3. The molecule has 0 atom stereocenters. The number of hydrogen-bond donors (Lipinski definition) is 0. The van der Waals surface area contributed by atoms with Gasteiger partial charge in [0.05, 0.1) is 43.7 Å². The van der Waals surface area contributed by atoms with Gasteiger partial charge in [-0.2, -0.15) is 21.0 Å². The Kier molecular flexibility index (Phi) is 15.4. The predicted octanol–water partition coefficient (Wildman–Crippen LogP) is 13.3. The number of para-hydroxylation sites is 1. The normalized spacial score (nSPS) is 13.9. The van der Waals surface area contributed by atoms with E-state index < -0.39 is 0 Å². The number of thiophene rings is 2. The standard InChI is InChI=1S/C52H51N7O2S3/c1-4-7-9-11-13-17-27-58-49(42-22-19-29-62-42)47-48(52(58)61)50(59(51(47)60)28-18-14-12-10-8-5-2)43-26-25-41(64-43)46(37(33-55)34-56)45(36(31-53)32-54)35-23-24-39-44(30-35)63-40-21-16-15-20-38(40)57(39)6-3/h15-16,19-26,29-30H,4-14,17-18,27-28H2,1-3H3. The molecule has 0 radical (unpaired) electrons. The van der Waals surface area contributed by atoms with Crippen LogP contribution in [0.25, 0.3) is 22.5 Å². The number of nitrogens with zero attached hydrogens (tertiary/aromatic N) is 7. The Morgan fingerprint density at radius 1 is 0.562 bits per heavy atom. The minimum absolute atomic E-state index is 0.155. The first kappa shape index (κ1) is 45.9. The Morgan fingerprint density at radius 2 is 1.12 bits per heavy atom. The summed E-state index contributed by atoms with van der Waals surface area (Å²) in [6, 6.07) is 29.6. The molecule has 0 saturated carbocycles. The summed E-state index contributed by atoms with van der Waals surface area (Å²) in [5, 5.41) is 43.9. The van der Waals surface area contributed by atoms with Crippen molar-refractivity contribution in [3.63, 3.8) is 0 Å². The van der Waals surface area contributed by atoms with Crippen LogP contribution in [0.15, 0.2) is 104 Å². The Balaban J connectivity index is 1.35. The monoisotopic (exact) mass is 901 g/mol. The predicted molar refractivity (Wildman–Crippen MR) is 259 cm³/mol. The van der Waals surface area contributed by atoms with Crippen LogP contribution in [0.4, 0.5) is 11.4 Å². The molecule has 2 aromatic heterocycles. The number of anilines is 2. The van der Waals surface area contributed by atoms with Crippen molar-refractivity contribution in [3.05, 3.63) is 115 Å². The van der Waals surface area contributed by atoms with E-state index in [4.69, 9.17) is 0 Å². The molecule has 3 aliphatic rings. The average molecular weight is 902 g/mol. The summed E-state index contributed by atoms with van der Waals surface area (Å²) >= 11 is 4.34. The van der Waals surface area contributed by atoms with Crippen molar-refractivity contribution in [2.75, 3.05) is 24.5 Å². The maximum Gasteiger partial charge on any atom is 0.261 e. The lowest BCUT2D eigenvalue weighted by molar-refractivity contribution is -0.124. The molecule has 0 unspecified atom stereocenters. The molecule has 0 bridgehead atoms. The largest absolute Gasteiger partial charge is 0.340 e. The lowest BCUT2D eigenvalue weighted by Gasteiger charge is -2.32. The maximum absolute atomic E-state index is 14.9. The first-order chi connectivity index (χ1) is 31.3. The van der Waals surface area contributed by atoms with Crippen LogP contribution in [0.2, 0.25) is 0 Å². The summed E-state index contributed by atoms with van der Waals surface area (Å²) in [6.07, 6.45) is 12.5. The van der Waals surface area contributed by atoms with E-state index in [9.17, 15) is 30.6 Å². The van der Waals surface area contributed by atoms with E-state index in [-0.39, 0.29) is 34.1 Å². The molecule has 3 aliphatic heterocycles. The Hall–Kier alpha value is -6.15. The van der Waals surface area contributed by atoms with E-state index in [1.165, 1.54) is 29.1 Å². The van der Waals surface area contributed by atoms with Gasteiger partial charge in [-0.15, -0.1) is 22.7 Å². The molecule has 0 N–H and O–H groups in total.